The summed E-state index contributed by atoms with van der Waals surface area (Å²) in [4.78, 5) is 42.9. The molecule has 0 aromatic heterocycles. The second-order valence-corrected chi connectivity index (χ2v) is 18.1. The number of methoxy groups -OCH3 is 2. The van der Waals surface area contributed by atoms with Crippen LogP contribution < -0.4 is 10.6 Å². The smallest absolute Gasteiger partial charge is 0.311 e. The van der Waals surface area contributed by atoms with E-state index in [2.05, 4.69) is 10.6 Å². The summed E-state index contributed by atoms with van der Waals surface area (Å²) in [5, 5.41) is 40.6. The zero-order valence-corrected chi connectivity index (χ0v) is 38.2. The summed E-state index contributed by atoms with van der Waals surface area (Å²) in [6.45, 7) is 17.5. The number of hydrogen-bond donors (Lipinski definition) is 5. The number of rotatable bonds is 12. The summed E-state index contributed by atoms with van der Waals surface area (Å²) < 4.78 is 50.6. The van der Waals surface area contributed by atoms with Crippen molar-refractivity contribution >= 4 is 17.8 Å². The SMILES string of the molecule is CC[C@H]1OC(=O)[C@H](C)[C@@H](OC2C[C@@](C)(OC)[C@@H](OC(=O)CCNC)[C@H](C)O2)[C@H](C)[C@@H](O[C@@H]2O[C@H](C)C[C@H](N(C)C)[C@H]2O)[C@](C)(OC)C[C@@H](C)C(=O)N[C@H](C)[C@@H](O)[C@]1(C)O. The third-order valence-corrected chi connectivity index (χ3v) is 12.9. The van der Waals surface area contributed by atoms with E-state index in [1.165, 1.54) is 21.1 Å². The Morgan fingerprint density at radius 2 is 1.56 bits per heavy atom. The lowest BCUT2D eigenvalue weighted by Crippen LogP contribution is -2.61. The number of aliphatic hydroxyl groups excluding tert-OH is 2. The van der Waals surface area contributed by atoms with Crippen molar-refractivity contribution in [3.63, 3.8) is 0 Å². The monoisotopic (exact) mass is 848 g/mol. The fourth-order valence-electron chi connectivity index (χ4n) is 9.05. The zero-order chi connectivity index (χ0) is 44.8. The Hall–Kier alpha value is -2.03. The lowest BCUT2D eigenvalue weighted by Gasteiger charge is -2.49. The van der Waals surface area contributed by atoms with Crippen molar-refractivity contribution in [1.29, 1.82) is 0 Å². The van der Waals surface area contributed by atoms with Crippen molar-refractivity contribution in [2.24, 2.45) is 17.8 Å². The fraction of sp³-hybridized carbons (Fsp3) is 0.929. The molecule has 3 heterocycles. The summed E-state index contributed by atoms with van der Waals surface area (Å²) >= 11 is 0. The number of hydrogen-bond acceptors (Lipinski definition) is 16. The maximum Gasteiger partial charge on any atom is 0.311 e. The van der Waals surface area contributed by atoms with Gasteiger partial charge in [0.2, 0.25) is 5.91 Å². The first-order valence-corrected chi connectivity index (χ1v) is 21.2. The summed E-state index contributed by atoms with van der Waals surface area (Å²) in [6, 6.07) is -1.25. The standard InChI is InChI=1S/C42H77N3O14/c1-16-29-42(10,51)34(48)26(6)44-37(49)22(2)20-40(8,52-14)35(59-39-32(47)28(45(12)13)19-23(3)54-39)24(4)33(25(5)38(50)56-29)58-31-21-41(9,53-15)36(27(7)55-31)57-30(46)17-18-43-11/h22-29,31-36,39,43,47-48,51H,16-21H2,1-15H3,(H,44,49)/t22-,23-,24+,25-,26-,27+,28+,29-,31?,32-,33+,34-,35-,36+,39+,40-,41-,42-/m1/s1. The van der Waals surface area contributed by atoms with Gasteiger partial charge in [-0.1, -0.05) is 20.8 Å². The van der Waals surface area contributed by atoms with Crippen LogP contribution in [0.2, 0.25) is 0 Å². The van der Waals surface area contributed by atoms with Gasteiger partial charge < -0.3 is 68.7 Å². The minimum Gasteiger partial charge on any atom is -0.459 e. The maximum absolute atomic E-state index is 14.4. The quantitative estimate of drug-likeness (QED) is 0.178. The lowest BCUT2D eigenvalue weighted by atomic mass is 9.77. The van der Waals surface area contributed by atoms with Crippen LogP contribution in [0.1, 0.15) is 101 Å². The normalized spacial score (nSPS) is 44.6. The average Bonchev–Trinajstić information content (AvgIpc) is 3.17. The van der Waals surface area contributed by atoms with Gasteiger partial charge in [-0.25, -0.2) is 0 Å². The number of nitrogens with zero attached hydrogens (tertiary/aromatic N) is 1. The molecule has 0 aromatic rings. The van der Waals surface area contributed by atoms with E-state index in [0.717, 1.165) is 0 Å². The molecule has 1 unspecified atom stereocenters. The third kappa shape index (κ3) is 12.1. The number of ether oxygens (including phenoxy) is 8. The number of cyclic esters (lactones) is 1. The third-order valence-electron chi connectivity index (χ3n) is 12.9. The van der Waals surface area contributed by atoms with Crippen molar-refractivity contribution in [3.8, 4) is 0 Å². The number of carbonyl (C=O) groups excluding carboxylic acids is 3. The number of esters is 2. The minimum absolute atomic E-state index is 0.0848. The molecule has 3 aliphatic heterocycles. The van der Waals surface area contributed by atoms with E-state index >= 15 is 0 Å². The van der Waals surface area contributed by atoms with Gasteiger partial charge in [-0.3, -0.25) is 14.4 Å². The van der Waals surface area contributed by atoms with Gasteiger partial charge >= 0.3 is 11.9 Å². The number of carbonyl (C=O) groups is 3. The Bertz CT molecular complexity index is 1370. The molecule has 5 N–H and O–H groups in total. The van der Waals surface area contributed by atoms with Crippen molar-refractivity contribution in [2.75, 3.05) is 41.9 Å². The maximum atomic E-state index is 14.4. The number of amides is 1. The number of nitrogens with one attached hydrogen (secondary N) is 2. The second-order valence-electron chi connectivity index (χ2n) is 18.1. The molecule has 0 saturated carbocycles. The van der Waals surface area contributed by atoms with E-state index < -0.39 is 114 Å². The van der Waals surface area contributed by atoms with E-state index in [0.29, 0.717) is 13.0 Å². The van der Waals surface area contributed by atoms with E-state index in [1.54, 1.807) is 55.5 Å². The molecule has 59 heavy (non-hydrogen) atoms. The lowest BCUT2D eigenvalue weighted by molar-refractivity contribution is -0.320. The summed E-state index contributed by atoms with van der Waals surface area (Å²) in [7, 11) is 8.51. The topological polar surface area (TPSA) is 213 Å². The van der Waals surface area contributed by atoms with Crippen molar-refractivity contribution < 1.29 is 67.6 Å². The van der Waals surface area contributed by atoms with Gasteiger partial charge in [-0.2, -0.15) is 0 Å². The highest BCUT2D eigenvalue weighted by Crippen LogP contribution is 2.41. The van der Waals surface area contributed by atoms with Crippen LogP contribution in [0.25, 0.3) is 0 Å². The van der Waals surface area contributed by atoms with Crippen LogP contribution in [0, 0.1) is 17.8 Å². The van der Waals surface area contributed by atoms with Gasteiger partial charge in [-0.05, 0) is 88.9 Å². The van der Waals surface area contributed by atoms with Crippen LogP contribution >= 0.6 is 0 Å². The molecule has 17 nitrogen and oxygen atoms in total. The molecular weight excluding hydrogens is 770 g/mol. The van der Waals surface area contributed by atoms with Crippen molar-refractivity contribution in [1.82, 2.24) is 15.5 Å². The molecule has 3 rings (SSSR count). The molecule has 17 heteroatoms. The first kappa shape index (κ1) is 51.3. The molecule has 0 aromatic carbocycles. The Balaban J connectivity index is 2.20. The van der Waals surface area contributed by atoms with Gasteiger partial charge in [0.05, 0.1) is 48.4 Å². The van der Waals surface area contributed by atoms with E-state index in [1.807, 2.05) is 32.8 Å². The van der Waals surface area contributed by atoms with Gasteiger partial charge in [0.25, 0.3) is 0 Å². The Morgan fingerprint density at radius 1 is 0.949 bits per heavy atom. The van der Waals surface area contributed by atoms with Crippen molar-refractivity contribution in [2.45, 2.75) is 192 Å². The largest absolute Gasteiger partial charge is 0.459 e. The minimum atomic E-state index is -1.97. The van der Waals surface area contributed by atoms with Crippen LogP contribution in [-0.4, -0.2) is 170 Å². The molecule has 1 amide bonds. The summed E-state index contributed by atoms with van der Waals surface area (Å²) in [6.07, 6.45) is -8.78. The summed E-state index contributed by atoms with van der Waals surface area (Å²) in [5.74, 6) is -4.12. The first-order valence-electron chi connectivity index (χ1n) is 21.2. The van der Waals surface area contributed by atoms with E-state index in [9.17, 15) is 29.7 Å². The molecule has 0 radical (unpaired) electrons. The molecule has 0 bridgehead atoms. The van der Waals surface area contributed by atoms with Gasteiger partial charge in [0.1, 0.15) is 29.5 Å². The predicted molar refractivity (Wildman–Crippen MR) is 217 cm³/mol. The molecule has 18 atom stereocenters. The van der Waals surface area contributed by atoms with Gasteiger partial charge in [0, 0.05) is 45.1 Å². The predicted octanol–water partition coefficient (Wildman–Crippen LogP) is 1.90. The van der Waals surface area contributed by atoms with Crippen LogP contribution in [-0.2, 0) is 52.3 Å². The molecule has 0 spiro atoms. The van der Waals surface area contributed by atoms with Crippen LogP contribution in [0.5, 0.6) is 0 Å². The molecule has 344 valence electrons. The highest BCUT2D eigenvalue weighted by Gasteiger charge is 2.54. The second kappa shape index (κ2) is 21.4. The molecule has 3 aliphatic rings. The highest BCUT2D eigenvalue weighted by atomic mass is 16.7. The van der Waals surface area contributed by atoms with Crippen molar-refractivity contribution in [3.05, 3.63) is 0 Å². The van der Waals surface area contributed by atoms with Crippen LogP contribution in [0.3, 0.4) is 0 Å². The molecule has 3 saturated heterocycles. The first-order chi connectivity index (χ1) is 27.4. The van der Waals surface area contributed by atoms with Gasteiger partial charge in [-0.15, -0.1) is 0 Å². The number of likely N-dealkylation sites (N-methyl/N-ethyl adjacent to an activating group) is 1. The Labute approximate surface area is 351 Å². The fourth-order valence-corrected chi connectivity index (χ4v) is 9.05. The van der Waals surface area contributed by atoms with E-state index in [4.69, 9.17) is 37.9 Å². The summed E-state index contributed by atoms with van der Waals surface area (Å²) in [5.41, 5.74) is -4.32. The van der Waals surface area contributed by atoms with Crippen LogP contribution in [0.15, 0.2) is 0 Å². The van der Waals surface area contributed by atoms with Crippen LogP contribution in [0.4, 0.5) is 0 Å². The zero-order valence-electron chi connectivity index (χ0n) is 38.2. The average molecular weight is 848 g/mol. The molecular formula is C42H77N3O14. The highest BCUT2D eigenvalue weighted by molar-refractivity contribution is 5.78. The molecule has 3 fully saturated rings. The van der Waals surface area contributed by atoms with E-state index in [-0.39, 0.29) is 37.8 Å². The van der Waals surface area contributed by atoms with Gasteiger partial charge in [0.15, 0.2) is 18.7 Å². The Kier molecular flexibility index (Phi) is 18.6. The molecule has 0 aliphatic carbocycles. The Morgan fingerprint density at radius 3 is 2.12 bits per heavy atom. The number of aliphatic hydroxyl groups is 3.